The van der Waals surface area contributed by atoms with Crippen molar-refractivity contribution in [2.45, 2.75) is 51.1 Å². The van der Waals surface area contributed by atoms with Gasteiger partial charge in [0, 0.05) is 19.1 Å². The summed E-state index contributed by atoms with van der Waals surface area (Å²) in [6.07, 6.45) is 9.41. The lowest BCUT2D eigenvalue weighted by molar-refractivity contribution is -0.120. The fourth-order valence-electron chi connectivity index (χ4n) is 4.60. The van der Waals surface area contributed by atoms with E-state index >= 15 is 0 Å². The maximum Gasteiger partial charge on any atom is 0.239 e. The van der Waals surface area contributed by atoms with Crippen LogP contribution in [-0.2, 0) is 4.79 Å². The van der Waals surface area contributed by atoms with Crippen molar-refractivity contribution in [1.29, 1.82) is 0 Å². The molecule has 1 unspecified atom stereocenters. The third-order valence-electron chi connectivity index (χ3n) is 5.88. The van der Waals surface area contributed by atoms with Gasteiger partial charge in [-0.25, -0.2) is 4.98 Å². The van der Waals surface area contributed by atoms with Crippen molar-refractivity contribution in [3.8, 4) is 5.69 Å². The molecule has 27 heavy (non-hydrogen) atoms. The standard InChI is InChI=1S/C18H24N8O/c1-2-13-17-23-21-11-25(17)14-9-20-18(24-8-7-19-15(27)10-24)22-16(14)26(13)12-5-3-4-6-12/h9,11-13H,2-8,10H2,1H3,(H,19,27). The Hall–Kier alpha value is -2.71. The van der Waals surface area contributed by atoms with Gasteiger partial charge in [0.25, 0.3) is 0 Å². The monoisotopic (exact) mass is 368 g/mol. The van der Waals surface area contributed by atoms with Crippen LogP contribution >= 0.6 is 0 Å². The van der Waals surface area contributed by atoms with Crippen LogP contribution in [0.4, 0.5) is 11.8 Å². The summed E-state index contributed by atoms with van der Waals surface area (Å²) < 4.78 is 2.02. The lowest BCUT2D eigenvalue weighted by atomic mass is 10.0. The molecule has 1 atom stereocenters. The highest BCUT2D eigenvalue weighted by Crippen LogP contribution is 2.42. The molecule has 1 N–H and O–H groups in total. The molecule has 9 heteroatoms. The Kier molecular flexibility index (Phi) is 3.95. The minimum atomic E-state index is 0.0164. The number of carbonyl (C=O) groups is 1. The molecule has 2 fully saturated rings. The average molecular weight is 368 g/mol. The van der Waals surface area contributed by atoms with Gasteiger partial charge in [-0.3, -0.25) is 9.36 Å². The molecule has 3 aliphatic rings. The second kappa shape index (κ2) is 6.47. The van der Waals surface area contributed by atoms with Crippen molar-refractivity contribution in [2.24, 2.45) is 0 Å². The van der Waals surface area contributed by atoms with E-state index in [1.807, 2.05) is 15.7 Å². The molecule has 4 heterocycles. The molecule has 1 saturated heterocycles. The van der Waals surface area contributed by atoms with E-state index in [9.17, 15) is 4.79 Å². The summed E-state index contributed by atoms with van der Waals surface area (Å²) in [7, 11) is 0. The maximum absolute atomic E-state index is 11.8. The van der Waals surface area contributed by atoms with Crippen LogP contribution in [0, 0.1) is 0 Å². The first-order valence-corrected chi connectivity index (χ1v) is 9.83. The first kappa shape index (κ1) is 16.5. The Morgan fingerprint density at radius 3 is 2.93 bits per heavy atom. The van der Waals surface area contributed by atoms with Crippen LogP contribution in [-0.4, -0.2) is 56.3 Å². The average Bonchev–Trinajstić information content (AvgIpc) is 3.38. The lowest BCUT2D eigenvalue weighted by Crippen LogP contribution is -2.48. The molecule has 0 bridgehead atoms. The fraction of sp³-hybridized carbons (Fsp3) is 0.611. The van der Waals surface area contributed by atoms with Gasteiger partial charge < -0.3 is 15.1 Å². The Morgan fingerprint density at radius 1 is 1.30 bits per heavy atom. The van der Waals surface area contributed by atoms with E-state index in [0.29, 0.717) is 25.1 Å². The summed E-state index contributed by atoms with van der Waals surface area (Å²) in [5.41, 5.74) is 0.928. The first-order chi connectivity index (χ1) is 13.3. The Balaban J connectivity index is 1.61. The molecular formula is C18H24N8O. The third kappa shape index (κ3) is 2.64. The summed E-state index contributed by atoms with van der Waals surface area (Å²) in [6, 6.07) is 0.627. The van der Waals surface area contributed by atoms with Crippen LogP contribution < -0.4 is 15.1 Å². The number of carbonyl (C=O) groups excluding carboxylic acids is 1. The number of amides is 1. The highest BCUT2D eigenvalue weighted by molar-refractivity contribution is 5.82. The summed E-state index contributed by atoms with van der Waals surface area (Å²) in [6.45, 7) is 3.84. The molecule has 1 aliphatic carbocycles. The van der Waals surface area contributed by atoms with Gasteiger partial charge in [0.1, 0.15) is 12.0 Å². The number of hydrogen-bond donors (Lipinski definition) is 1. The van der Waals surface area contributed by atoms with Crippen molar-refractivity contribution in [3.63, 3.8) is 0 Å². The quantitative estimate of drug-likeness (QED) is 0.870. The molecular weight excluding hydrogens is 344 g/mol. The largest absolute Gasteiger partial charge is 0.353 e. The van der Waals surface area contributed by atoms with E-state index in [0.717, 1.165) is 30.3 Å². The van der Waals surface area contributed by atoms with Gasteiger partial charge in [-0.15, -0.1) is 10.2 Å². The summed E-state index contributed by atoms with van der Waals surface area (Å²) in [5.74, 6) is 2.54. The number of nitrogens with zero attached hydrogens (tertiary/aromatic N) is 7. The van der Waals surface area contributed by atoms with E-state index < -0.39 is 0 Å². The Morgan fingerprint density at radius 2 is 2.15 bits per heavy atom. The van der Waals surface area contributed by atoms with E-state index in [4.69, 9.17) is 4.98 Å². The predicted molar refractivity (Wildman–Crippen MR) is 99.9 cm³/mol. The number of hydrogen-bond acceptors (Lipinski definition) is 7. The van der Waals surface area contributed by atoms with Gasteiger partial charge in [-0.1, -0.05) is 19.8 Å². The van der Waals surface area contributed by atoms with Crippen molar-refractivity contribution in [1.82, 2.24) is 30.0 Å². The van der Waals surface area contributed by atoms with Crippen molar-refractivity contribution in [3.05, 3.63) is 18.3 Å². The maximum atomic E-state index is 11.8. The molecule has 2 aromatic rings. The van der Waals surface area contributed by atoms with Crippen LogP contribution in [0.3, 0.4) is 0 Å². The summed E-state index contributed by atoms with van der Waals surface area (Å²) >= 11 is 0. The van der Waals surface area contributed by atoms with Gasteiger partial charge in [0.2, 0.25) is 11.9 Å². The van der Waals surface area contributed by atoms with E-state index in [-0.39, 0.29) is 11.9 Å². The topological polar surface area (TPSA) is 92.1 Å². The lowest BCUT2D eigenvalue weighted by Gasteiger charge is -2.41. The van der Waals surface area contributed by atoms with Crippen LogP contribution in [0.2, 0.25) is 0 Å². The summed E-state index contributed by atoms with van der Waals surface area (Å²) in [4.78, 5) is 25.7. The number of aromatic nitrogens is 5. The Labute approximate surface area is 157 Å². The molecule has 0 aromatic carbocycles. The predicted octanol–water partition coefficient (Wildman–Crippen LogP) is 1.21. The SMILES string of the molecule is CCC1c2nncn2-c2cnc(N3CCNC(=O)C3)nc2N1C1CCCC1. The van der Waals surface area contributed by atoms with Gasteiger partial charge in [-0.2, -0.15) is 4.98 Å². The highest BCUT2D eigenvalue weighted by atomic mass is 16.2. The molecule has 1 amide bonds. The first-order valence-electron chi connectivity index (χ1n) is 9.83. The second-order valence-corrected chi connectivity index (χ2v) is 7.48. The van der Waals surface area contributed by atoms with Gasteiger partial charge in [-0.05, 0) is 19.3 Å². The molecule has 0 radical (unpaired) electrons. The number of anilines is 2. The second-order valence-electron chi connectivity index (χ2n) is 7.48. The molecule has 0 spiro atoms. The molecule has 2 aromatic heterocycles. The highest BCUT2D eigenvalue weighted by Gasteiger charge is 2.38. The van der Waals surface area contributed by atoms with Crippen LogP contribution in [0.25, 0.3) is 5.69 Å². The van der Waals surface area contributed by atoms with E-state index in [2.05, 4.69) is 32.3 Å². The van der Waals surface area contributed by atoms with E-state index in [1.54, 1.807) is 6.33 Å². The van der Waals surface area contributed by atoms with Gasteiger partial charge >= 0.3 is 0 Å². The Bertz CT molecular complexity index is 859. The number of piperazine rings is 1. The van der Waals surface area contributed by atoms with Gasteiger partial charge in [0.15, 0.2) is 11.6 Å². The third-order valence-corrected chi connectivity index (χ3v) is 5.88. The number of rotatable bonds is 3. The van der Waals surface area contributed by atoms with Crippen molar-refractivity contribution >= 4 is 17.7 Å². The van der Waals surface area contributed by atoms with Crippen LogP contribution in [0.5, 0.6) is 0 Å². The fourth-order valence-corrected chi connectivity index (χ4v) is 4.60. The smallest absolute Gasteiger partial charge is 0.239 e. The van der Waals surface area contributed by atoms with Crippen molar-refractivity contribution < 1.29 is 4.79 Å². The van der Waals surface area contributed by atoms with Crippen LogP contribution in [0.15, 0.2) is 12.5 Å². The molecule has 9 nitrogen and oxygen atoms in total. The normalized spacial score (nSPS) is 22.6. The minimum absolute atomic E-state index is 0.0164. The molecule has 1 saturated carbocycles. The number of nitrogens with one attached hydrogen (secondary N) is 1. The zero-order valence-corrected chi connectivity index (χ0v) is 15.5. The van der Waals surface area contributed by atoms with Crippen molar-refractivity contribution in [2.75, 3.05) is 29.4 Å². The van der Waals surface area contributed by atoms with Gasteiger partial charge in [0.05, 0.1) is 18.8 Å². The zero-order chi connectivity index (χ0) is 18.4. The molecule has 2 aliphatic heterocycles. The minimum Gasteiger partial charge on any atom is -0.353 e. The molecule has 142 valence electrons. The van der Waals surface area contributed by atoms with E-state index in [1.165, 1.54) is 25.7 Å². The molecule has 5 rings (SSSR count). The van der Waals surface area contributed by atoms with Crippen LogP contribution in [0.1, 0.15) is 50.9 Å². The zero-order valence-electron chi connectivity index (χ0n) is 15.5. The summed E-state index contributed by atoms with van der Waals surface area (Å²) in [5, 5.41) is 11.4. The number of fused-ring (bicyclic) bond motifs is 3.